The van der Waals surface area contributed by atoms with Gasteiger partial charge in [0.2, 0.25) is 0 Å². The molecule has 566 valence electrons. The average Bonchev–Trinajstić information content (AvgIpc) is 1.80. The Bertz CT molecular complexity index is 7350. The zero-order valence-corrected chi connectivity index (χ0v) is 65.6. The molecule has 0 fully saturated rings. The molecular formula is C107H72N12S. The Hall–Kier alpha value is -16.1. The molecule has 0 atom stereocenters. The van der Waals surface area contributed by atoms with Crippen molar-refractivity contribution in [1.29, 1.82) is 0 Å². The van der Waals surface area contributed by atoms with Crippen LogP contribution in [0.5, 0.6) is 0 Å². The predicted molar refractivity (Wildman–Crippen MR) is 492 cm³/mol. The summed E-state index contributed by atoms with van der Waals surface area (Å²) in [6, 6.07) is 134. The van der Waals surface area contributed by atoms with E-state index in [1.807, 2.05) is 29.5 Å². The van der Waals surface area contributed by atoms with Crippen molar-refractivity contribution in [2.24, 2.45) is 0 Å². The van der Waals surface area contributed by atoms with E-state index in [2.05, 4.69) is 394 Å². The van der Waals surface area contributed by atoms with Crippen LogP contribution in [0.2, 0.25) is 0 Å². The van der Waals surface area contributed by atoms with Crippen LogP contribution in [0.1, 0.15) is 0 Å². The molecule has 0 radical (unpaired) electrons. The Labute approximate surface area is 696 Å². The van der Waals surface area contributed by atoms with Crippen molar-refractivity contribution in [1.82, 2.24) is 59.8 Å². The number of nitrogens with one attached hydrogen (secondary N) is 3. The molecule has 3 N–H and O–H groups in total. The molecule has 0 spiro atoms. The Morgan fingerprint density at radius 2 is 0.500 bits per heavy atom. The Morgan fingerprint density at radius 3 is 0.967 bits per heavy atom. The van der Waals surface area contributed by atoms with Crippen LogP contribution in [0.4, 0.5) is 0 Å². The SMILES string of the molecule is c1ccc(-c2ccc(-c3cc(-c4cccc(-c5ccc6ccccc6c5)c4)nc(-c4cnc[nH]4)n3)cc2)cc1.c1ccc(-c2ccc(-c3cc(-c4cccc(-c5cccc6c5sc5ccccc56)c4)nc(-c4cnc[nH]4)n3)cc2)cc1.c1ccc(-c2ccc(-c3cc(-c4cccc(-c5cccc6ccccc56)c4)nc(-c4cnc[nH]4)n3)cc2)cc1. The maximum atomic E-state index is 4.99. The van der Waals surface area contributed by atoms with Crippen molar-refractivity contribution in [3.05, 3.63) is 420 Å². The van der Waals surface area contributed by atoms with Crippen LogP contribution < -0.4 is 0 Å². The number of hydrogen-bond donors (Lipinski definition) is 3. The van der Waals surface area contributed by atoms with Gasteiger partial charge in [0.1, 0.15) is 17.1 Å². The minimum Gasteiger partial charge on any atom is -0.342 e. The summed E-state index contributed by atoms with van der Waals surface area (Å²) in [6.45, 7) is 0. The lowest BCUT2D eigenvalue weighted by atomic mass is 9.96. The van der Waals surface area contributed by atoms with Crippen LogP contribution in [0.15, 0.2) is 420 Å². The monoisotopic (exact) mass is 1560 g/mol. The summed E-state index contributed by atoms with van der Waals surface area (Å²) in [7, 11) is 0. The highest BCUT2D eigenvalue weighted by atomic mass is 32.1. The third kappa shape index (κ3) is 15.5. The van der Waals surface area contributed by atoms with Gasteiger partial charge in [0.05, 0.1) is 71.7 Å². The van der Waals surface area contributed by atoms with Crippen LogP contribution in [0.25, 0.3) is 211 Å². The minimum atomic E-state index is 0.614. The maximum absolute atomic E-state index is 4.99. The topological polar surface area (TPSA) is 163 Å². The molecule has 22 aromatic rings. The number of hydrogen-bond acceptors (Lipinski definition) is 10. The highest BCUT2D eigenvalue weighted by Gasteiger charge is 2.19. The molecule has 0 bridgehead atoms. The fraction of sp³-hybridized carbons (Fsp3) is 0. The van der Waals surface area contributed by atoms with Crippen LogP contribution in [-0.4, -0.2) is 59.8 Å². The summed E-state index contributed by atoms with van der Waals surface area (Å²) in [5.74, 6) is 1.84. The van der Waals surface area contributed by atoms with Crippen molar-refractivity contribution in [3.8, 4) is 169 Å². The number of benzene rings is 15. The van der Waals surface area contributed by atoms with E-state index in [1.54, 1.807) is 37.6 Å². The number of fused-ring (bicyclic) bond motifs is 5. The Morgan fingerprint density at radius 1 is 0.192 bits per heavy atom. The summed E-state index contributed by atoms with van der Waals surface area (Å²) in [5.41, 5.74) is 27.9. The van der Waals surface area contributed by atoms with Crippen LogP contribution in [-0.2, 0) is 0 Å². The zero-order chi connectivity index (χ0) is 79.9. The fourth-order valence-electron chi connectivity index (χ4n) is 15.5. The second-order valence-corrected chi connectivity index (χ2v) is 30.3. The highest BCUT2D eigenvalue weighted by molar-refractivity contribution is 7.26. The third-order valence-electron chi connectivity index (χ3n) is 21.6. The normalized spacial score (nSPS) is 11.2. The van der Waals surface area contributed by atoms with E-state index < -0.39 is 0 Å². The second-order valence-electron chi connectivity index (χ2n) is 29.2. The summed E-state index contributed by atoms with van der Waals surface area (Å²) < 4.78 is 2.61. The molecular weight excluding hydrogens is 1490 g/mol. The molecule has 22 rings (SSSR count). The van der Waals surface area contributed by atoms with Crippen LogP contribution >= 0.6 is 11.3 Å². The summed E-state index contributed by atoms with van der Waals surface area (Å²) in [6.07, 6.45) is 10.2. The number of rotatable bonds is 15. The van der Waals surface area contributed by atoms with Gasteiger partial charge >= 0.3 is 0 Å². The maximum Gasteiger partial charge on any atom is 0.178 e. The lowest BCUT2D eigenvalue weighted by Gasteiger charge is -2.11. The van der Waals surface area contributed by atoms with E-state index in [1.165, 1.54) is 97.4 Å². The zero-order valence-electron chi connectivity index (χ0n) is 64.8. The molecule has 0 unspecified atom stereocenters. The van der Waals surface area contributed by atoms with Crippen molar-refractivity contribution >= 4 is 53.1 Å². The predicted octanol–water partition coefficient (Wildman–Crippen LogP) is 27.3. The first-order chi connectivity index (χ1) is 59.4. The van der Waals surface area contributed by atoms with E-state index in [0.29, 0.717) is 17.5 Å². The second kappa shape index (κ2) is 33.0. The molecule has 7 heterocycles. The molecule has 0 saturated carbocycles. The number of aromatic amines is 3. The van der Waals surface area contributed by atoms with Gasteiger partial charge in [-0.1, -0.05) is 334 Å². The number of H-pyrrole nitrogens is 3. The molecule has 0 aliphatic heterocycles. The van der Waals surface area contributed by atoms with Crippen molar-refractivity contribution < 1.29 is 0 Å². The summed E-state index contributed by atoms with van der Waals surface area (Å²) in [4.78, 5) is 51.7. The van der Waals surface area contributed by atoms with Gasteiger partial charge in [-0.25, -0.2) is 44.9 Å². The molecule has 0 aliphatic carbocycles. The van der Waals surface area contributed by atoms with E-state index in [4.69, 9.17) is 29.9 Å². The largest absolute Gasteiger partial charge is 0.342 e. The molecule has 15 aromatic carbocycles. The molecule has 12 nitrogen and oxygen atoms in total. The minimum absolute atomic E-state index is 0.614. The number of thiophene rings is 1. The molecule has 120 heavy (non-hydrogen) atoms. The number of nitrogens with zero attached hydrogens (tertiary/aromatic N) is 9. The quantitative estimate of drug-likeness (QED) is 0.0906. The first-order valence-corrected chi connectivity index (χ1v) is 40.5. The standard InChI is InChI=1S/C37H24N4S.2C35H24N4/c1-2-8-24(9-3-1)25-16-18-26(19-17-25)32-21-33(41-37(40-32)34-22-38-23-39-34)28-11-6-10-27(20-28)29-13-7-14-31-30-12-4-5-15-35(30)42-36(29)31;1-2-8-24(9-3-1)25-16-18-27(19-17-25)32-21-33(39-35(38-32)34-22-36-23-37-34)29-13-6-12-28(20-29)31-15-7-11-26-10-4-5-14-30(26)31;1-2-7-24(8-3-1)26-13-16-27(17-14-26)32-21-33(39-35(38-32)34-22-36-23-37-34)31-12-6-11-29(20-31)30-18-15-25-9-4-5-10-28(25)19-30/h1-23H,(H,38,39);2*1-23H,(H,36,37). The number of imidazole rings is 3. The van der Waals surface area contributed by atoms with E-state index in [0.717, 1.165) is 95.8 Å². The van der Waals surface area contributed by atoms with Crippen molar-refractivity contribution in [2.45, 2.75) is 0 Å². The van der Waals surface area contributed by atoms with Gasteiger partial charge in [-0.2, -0.15) is 0 Å². The van der Waals surface area contributed by atoms with Gasteiger partial charge in [0.25, 0.3) is 0 Å². The Kier molecular flexibility index (Phi) is 20.0. The fourth-order valence-corrected chi connectivity index (χ4v) is 16.7. The highest BCUT2D eigenvalue weighted by Crippen LogP contribution is 2.43. The van der Waals surface area contributed by atoms with Crippen LogP contribution in [0, 0.1) is 0 Å². The van der Waals surface area contributed by atoms with Gasteiger partial charge < -0.3 is 15.0 Å². The van der Waals surface area contributed by atoms with E-state index in [9.17, 15) is 0 Å². The van der Waals surface area contributed by atoms with Crippen molar-refractivity contribution in [2.75, 3.05) is 0 Å². The van der Waals surface area contributed by atoms with Gasteiger partial charge in [0, 0.05) is 53.6 Å². The van der Waals surface area contributed by atoms with Gasteiger partial charge in [0.15, 0.2) is 17.5 Å². The molecule has 13 heteroatoms. The van der Waals surface area contributed by atoms with Gasteiger partial charge in [-0.15, -0.1) is 11.3 Å². The molecule has 7 aromatic heterocycles. The van der Waals surface area contributed by atoms with Gasteiger partial charge in [-0.05, 0) is 137 Å². The van der Waals surface area contributed by atoms with Crippen LogP contribution in [0.3, 0.4) is 0 Å². The third-order valence-corrected chi connectivity index (χ3v) is 22.9. The Balaban J connectivity index is 0.000000115. The summed E-state index contributed by atoms with van der Waals surface area (Å²) in [5, 5.41) is 7.52. The van der Waals surface area contributed by atoms with E-state index in [-0.39, 0.29) is 0 Å². The lowest BCUT2D eigenvalue weighted by molar-refractivity contribution is 1.16. The van der Waals surface area contributed by atoms with E-state index >= 15 is 0 Å². The molecule has 0 saturated heterocycles. The average molecular weight is 1560 g/mol. The van der Waals surface area contributed by atoms with Gasteiger partial charge in [-0.3, -0.25) is 0 Å². The first-order valence-electron chi connectivity index (χ1n) is 39.7. The molecule has 0 amide bonds. The number of aromatic nitrogens is 12. The lowest BCUT2D eigenvalue weighted by Crippen LogP contribution is -1.96. The summed E-state index contributed by atoms with van der Waals surface area (Å²) >= 11 is 1.85. The smallest absolute Gasteiger partial charge is 0.178 e. The molecule has 0 aliphatic rings. The van der Waals surface area contributed by atoms with Crippen molar-refractivity contribution in [3.63, 3.8) is 0 Å². The first kappa shape index (κ1) is 72.8.